The lowest BCUT2D eigenvalue weighted by atomic mass is 9.96. The molecule has 11 nitrogen and oxygen atoms in total. The van der Waals surface area contributed by atoms with E-state index in [-0.39, 0.29) is 38.0 Å². The second-order valence-corrected chi connectivity index (χ2v) is 18.7. The zero-order valence-electron chi connectivity index (χ0n) is 31.5. The van der Waals surface area contributed by atoms with Crippen LogP contribution in [0.4, 0.5) is 9.59 Å². The second-order valence-electron chi connectivity index (χ2n) is 15.8. The number of aromatic hydroxyl groups is 1. The molecular formula is C38H57N2O9P. The fourth-order valence-electron chi connectivity index (χ4n) is 5.90. The van der Waals surface area contributed by atoms with Crippen LogP contribution in [-0.2, 0) is 34.6 Å². The minimum atomic E-state index is -3.61. The molecule has 0 spiro atoms. The summed E-state index contributed by atoms with van der Waals surface area (Å²) >= 11 is 0. The Kier molecular flexibility index (Phi) is 13.4. The van der Waals surface area contributed by atoms with Crippen molar-refractivity contribution in [3.63, 3.8) is 0 Å². The van der Waals surface area contributed by atoms with Crippen LogP contribution < -0.4 is 0 Å². The van der Waals surface area contributed by atoms with Gasteiger partial charge in [0.1, 0.15) is 22.6 Å². The van der Waals surface area contributed by atoms with Crippen molar-refractivity contribution in [2.75, 3.05) is 32.4 Å². The van der Waals surface area contributed by atoms with Crippen LogP contribution in [0.25, 0.3) is 11.1 Å². The van der Waals surface area contributed by atoms with Gasteiger partial charge in [-0.1, -0.05) is 36.4 Å². The van der Waals surface area contributed by atoms with Gasteiger partial charge >= 0.3 is 18.2 Å². The number of ether oxygens (including phenoxy) is 3. The van der Waals surface area contributed by atoms with Crippen LogP contribution in [0, 0.1) is 0 Å². The molecule has 3 rings (SSSR count). The zero-order valence-corrected chi connectivity index (χ0v) is 32.4. The molecule has 2 amide bonds. The average Bonchev–Trinajstić information content (AvgIpc) is 2.97. The van der Waals surface area contributed by atoms with Gasteiger partial charge < -0.3 is 23.8 Å². The predicted octanol–water partition coefficient (Wildman–Crippen LogP) is 8.61. The second kappa shape index (κ2) is 16.3. The van der Waals surface area contributed by atoms with Crippen LogP contribution in [-0.4, -0.2) is 87.4 Å². The number of carbonyl (C=O) groups excluding carboxylic acids is 3. The standard InChI is InChI=1S/C38H57N2O9P/c1-11-46-50(45)25-24-39(26-29-16-12-13-17-31(29)28-18-20-30(41)21-19-28)27-38(50,32(42)47-35(2,3)4)22-14-15-23-40(33(43)48-36(5,6)7)34(44)49-37(8,9)10/h12-13,16-21,41H,11,14-15,22-27H2,1-10H3. The molecule has 1 aliphatic rings. The summed E-state index contributed by atoms with van der Waals surface area (Å²) in [4.78, 5) is 43.6. The fourth-order valence-corrected chi connectivity index (χ4v) is 8.91. The van der Waals surface area contributed by atoms with E-state index in [4.69, 9.17) is 18.7 Å². The van der Waals surface area contributed by atoms with Crippen LogP contribution >= 0.6 is 7.37 Å². The molecule has 278 valence electrons. The molecule has 1 saturated heterocycles. The maximum atomic E-state index is 14.9. The number of rotatable bonds is 11. The first kappa shape index (κ1) is 41.0. The number of esters is 1. The third kappa shape index (κ3) is 11.3. The third-order valence-corrected chi connectivity index (χ3v) is 11.3. The largest absolute Gasteiger partial charge is 0.508 e. The van der Waals surface area contributed by atoms with E-state index in [0.29, 0.717) is 25.9 Å². The maximum absolute atomic E-state index is 14.9. The topological polar surface area (TPSA) is 132 Å². The van der Waals surface area contributed by atoms with E-state index in [9.17, 15) is 24.1 Å². The van der Waals surface area contributed by atoms with E-state index >= 15 is 0 Å². The monoisotopic (exact) mass is 716 g/mol. The number of unbranched alkanes of at least 4 members (excludes halogenated alkanes) is 1. The van der Waals surface area contributed by atoms with Gasteiger partial charge in [-0.3, -0.25) is 14.3 Å². The summed E-state index contributed by atoms with van der Waals surface area (Å²) in [5, 5.41) is 8.35. The lowest BCUT2D eigenvalue weighted by Gasteiger charge is -2.46. The van der Waals surface area contributed by atoms with E-state index < -0.39 is 47.5 Å². The number of amides is 2. The van der Waals surface area contributed by atoms with Crippen molar-refractivity contribution in [2.24, 2.45) is 0 Å². The van der Waals surface area contributed by atoms with Crippen LogP contribution in [0.15, 0.2) is 48.5 Å². The molecule has 2 aromatic carbocycles. The summed E-state index contributed by atoms with van der Waals surface area (Å²) in [7, 11) is -3.61. The van der Waals surface area contributed by atoms with Gasteiger partial charge in [-0.2, -0.15) is 0 Å². The first-order valence-electron chi connectivity index (χ1n) is 17.4. The Morgan fingerprint density at radius 1 is 0.840 bits per heavy atom. The Balaban J connectivity index is 1.94. The molecule has 1 fully saturated rings. The molecule has 12 heteroatoms. The van der Waals surface area contributed by atoms with Gasteiger partial charge in [-0.25, -0.2) is 14.5 Å². The van der Waals surface area contributed by atoms with Crippen molar-refractivity contribution in [2.45, 2.75) is 117 Å². The summed E-state index contributed by atoms with van der Waals surface area (Å²) < 4.78 is 37.9. The molecule has 1 N–H and O–H groups in total. The molecule has 2 unspecified atom stereocenters. The minimum Gasteiger partial charge on any atom is -0.508 e. The highest BCUT2D eigenvalue weighted by Crippen LogP contribution is 2.64. The van der Waals surface area contributed by atoms with Crippen LogP contribution in [0.3, 0.4) is 0 Å². The third-order valence-electron chi connectivity index (χ3n) is 8.00. The quantitative estimate of drug-likeness (QED) is 0.104. The summed E-state index contributed by atoms with van der Waals surface area (Å²) in [5.41, 5.74) is 0.407. The molecule has 0 saturated carbocycles. The summed E-state index contributed by atoms with van der Waals surface area (Å²) in [5.74, 6) is -0.411. The summed E-state index contributed by atoms with van der Waals surface area (Å²) in [6.45, 7) is 18.6. The van der Waals surface area contributed by atoms with Crippen molar-refractivity contribution in [3.05, 3.63) is 54.1 Å². The van der Waals surface area contributed by atoms with Gasteiger partial charge in [-0.05, 0) is 117 Å². The first-order chi connectivity index (χ1) is 23.1. The highest BCUT2D eigenvalue weighted by Gasteiger charge is 2.59. The maximum Gasteiger partial charge on any atom is 0.419 e. The molecule has 2 aromatic rings. The number of nitrogens with zero attached hydrogens (tertiary/aromatic N) is 2. The molecule has 1 aliphatic heterocycles. The number of phenolic OH excluding ortho intramolecular Hbond substituents is 1. The van der Waals surface area contributed by atoms with Gasteiger partial charge in [0.05, 0.1) is 6.61 Å². The molecule has 2 atom stereocenters. The smallest absolute Gasteiger partial charge is 0.419 e. The van der Waals surface area contributed by atoms with E-state index in [1.165, 1.54) is 0 Å². The number of carbonyl (C=O) groups is 3. The van der Waals surface area contributed by atoms with E-state index in [2.05, 4.69) is 4.90 Å². The molecule has 0 aromatic heterocycles. The average molecular weight is 717 g/mol. The first-order valence-corrected chi connectivity index (χ1v) is 19.2. The SMILES string of the molecule is CCOP1(=O)CCN(Cc2ccccc2-c2ccc(O)cc2)CC1(CCCCN(C(=O)OC(C)(C)C)C(=O)OC(C)(C)C)C(=O)OC(C)(C)C. The van der Waals surface area contributed by atoms with E-state index in [0.717, 1.165) is 21.6 Å². The Morgan fingerprint density at radius 3 is 1.94 bits per heavy atom. The highest BCUT2D eigenvalue weighted by atomic mass is 31.2. The van der Waals surface area contributed by atoms with E-state index in [1.54, 1.807) is 81.4 Å². The van der Waals surface area contributed by atoms with Crippen molar-refractivity contribution in [3.8, 4) is 16.9 Å². The Bertz CT molecular complexity index is 1490. The van der Waals surface area contributed by atoms with Crippen molar-refractivity contribution < 1.29 is 42.8 Å². The van der Waals surface area contributed by atoms with Gasteiger partial charge in [0, 0.05) is 32.3 Å². The minimum absolute atomic E-state index is 0.0309. The van der Waals surface area contributed by atoms with Gasteiger partial charge in [-0.15, -0.1) is 0 Å². The number of imide groups is 1. The zero-order chi connectivity index (χ0) is 37.5. The molecule has 0 bridgehead atoms. The number of hydrogen-bond acceptors (Lipinski definition) is 10. The van der Waals surface area contributed by atoms with Crippen molar-refractivity contribution in [1.29, 1.82) is 0 Å². The molecule has 0 radical (unpaired) electrons. The molecule has 1 heterocycles. The van der Waals surface area contributed by atoms with Crippen LogP contribution in [0.2, 0.25) is 0 Å². The van der Waals surface area contributed by atoms with Crippen molar-refractivity contribution in [1.82, 2.24) is 9.80 Å². The number of benzene rings is 2. The Hall–Kier alpha value is -3.40. The van der Waals surface area contributed by atoms with Gasteiger partial charge in [0.25, 0.3) is 0 Å². The number of phenols is 1. The summed E-state index contributed by atoms with van der Waals surface area (Å²) in [6, 6.07) is 14.9. The highest BCUT2D eigenvalue weighted by molar-refractivity contribution is 7.62. The summed E-state index contributed by atoms with van der Waals surface area (Å²) in [6.07, 6.45) is -0.737. The molecule has 0 aliphatic carbocycles. The van der Waals surface area contributed by atoms with E-state index in [1.807, 2.05) is 36.4 Å². The van der Waals surface area contributed by atoms with Gasteiger partial charge in [0.15, 0.2) is 5.16 Å². The Morgan fingerprint density at radius 2 is 1.40 bits per heavy atom. The van der Waals surface area contributed by atoms with Crippen molar-refractivity contribution >= 4 is 25.5 Å². The number of hydrogen-bond donors (Lipinski definition) is 1. The normalized spacial score (nSPS) is 20.2. The lowest BCUT2D eigenvalue weighted by Crippen LogP contribution is -2.56. The van der Waals surface area contributed by atoms with Crippen LogP contribution in [0.1, 0.15) is 94.1 Å². The Labute approximate surface area is 298 Å². The lowest BCUT2D eigenvalue weighted by molar-refractivity contribution is -0.160. The van der Waals surface area contributed by atoms with Crippen LogP contribution in [0.5, 0.6) is 5.75 Å². The van der Waals surface area contributed by atoms with Gasteiger partial charge in [0.2, 0.25) is 7.37 Å². The fraction of sp³-hybridized carbons (Fsp3) is 0.605. The predicted molar refractivity (Wildman–Crippen MR) is 195 cm³/mol. The molecule has 50 heavy (non-hydrogen) atoms. The molecular weight excluding hydrogens is 659 g/mol.